The summed E-state index contributed by atoms with van der Waals surface area (Å²) in [4.78, 5) is 33.4. The summed E-state index contributed by atoms with van der Waals surface area (Å²) in [6, 6.07) is 23.8. The number of nitrogens with zero attached hydrogens (tertiary/aromatic N) is 3. The molecule has 0 unspecified atom stereocenters. The Hall–Kier alpha value is -3.86. The molecule has 0 radical (unpaired) electrons. The van der Waals surface area contributed by atoms with Crippen molar-refractivity contribution in [3.05, 3.63) is 101 Å². The van der Waals surface area contributed by atoms with E-state index >= 15 is 0 Å². The minimum atomic E-state index is -0.249. The van der Waals surface area contributed by atoms with Gasteiger partial charge in [-0.1, -0.05) is 54.6 Å². The van der Waals surface area contributed by atoms with Gasteiger partial charge >= 0.3 is 0 Å². The zero-order valence-electron chi connectivity index (χ0n) is 19.9. The first-order valence-corrected chi connectivity index (χ1v) is 11.8. The first-order valence-electron chi connectivity index (χ1n) is 11.8. The van der Waals surface area contributed by atoms with Gasteiger partial charge in [0.1, 0.15) is 5.70 Å². The molecule has 3 aromatic carbocycles. The molecule has 2 heterocycles. The van der Waals surface area contributed by atoms with Crippen molar-refractivity contribution in [2.24, 2.45) is 0 Å². The summed E-state index contributed by atoms with van der Waals surface area (Å²) in [6.45, 7) is 9.01. The fraction of sp³-hybridized carbons (Fsp3) is 0.241. The SMILES string of the molecule is Cc1cccc(N2CCN(C3=C(c4ccccc4)C(=O)N(c4cccc(C)c4C)C3=O)CC2)c1. The third kappa shape index (κ3) is 3.77. The van der Waals surface area contributed by atoms with E-state index in [0.717, 1.165) is 29.8 Å². The van der Waals surface area contributed by atoms with Gasteiger partial charge < -0.3 is 9.80 Å². The minimum Gasteiger partial charge on any atom is -0.368 e. The summed E-state index contributed by atoms with van der Waals surface area (Å²) in [5.74, 6) is -0.484. The van der Waals surface area contributed by atoms with E-state index in [4.69, 9.17) is 0 Å². The van der Waals surface area contributed by atoms with Crippen molar-refractivity contribution in [2.75, 3.05) is 36.0 Å². The Balaban J connectivity index is 1.50. The number of hydrogen-bond acceptors (Lipinski definition) is 4. The number of benzene rings is 3. The molecule has 34 heavy (non-hydrogen) atoms. The second-order valence-electron chi connectivity index (χ2n) is 9.07. The summed E-state index contributed by atoms with van der Waals surface area (Å²) in [5.41, 5.74) is 6.89. The molecule has 0 N–H and O–H groups in total. The number of hydrogen-bond donors (Lipinski definition) is 0. The number of anilines is 2. The highest BCUT2D eigenvalue weighted by molar-refractivity contribution is 6.45. The van der Waals surface area contributed by atoms with Gasteiger partial charge in [0, 0.05) is 31.9 Å². The van der Waals surface area contributed by atoms with Crippen molar-refractivity contribution in [1.82, 2.24) is 4.90 Å². The van der Waals surface area contributed by atoms with Crippen LogP contribution in [-0.2, 0) is 9.59 Å². The average Bonchev–Trinajstić information content (AvgIpc) is 3.11. The molecule has 1 fully saturated rings. The van der Waals surface area contributed by atoms with Crippen molar-refractivity contribution in [1.29, 1.82) is 0 Å². The number of rotatable bonds is 4. The van der Waals surface area contributed by atoms with Crippen LogP contribution in [0.2, 0.25) is 0 Å². The minimum absolute atomic E-state index is 0.235. The molecule has 5 heteroatoms. The van der Waals surface area contributed by atoms with Crippen molar-refractivity contribution < 1.29 is 9.59 Å². The second kappa shape index (κ2) is 8.82. The molecule has 2 aliphatic heterocycles. The number of amides is 2. The lowest BCUT2D eigenvalue weighted by molar-refractivity contribution is -0.120. The molecule has 0 aliphatic carbocycles. The zero-order valence-corrected chi connectivity index (χ0v) is 19.9. The smallest absolute Gasteiger partial charge is 0.282 e. The van der Waals surface area contributed by atoms with Crippen LogP contribution < -0.4 is 9.80 Å². The van der Waals surface area contributed by atoms with E-state index < -0.39 is 0 Å². The molecule has 3 aromatic rings. The van der Waals surface area contributed by atoms with Gasteiger partial charge in [0.25, 0.3) is 11.8 Å². The average molecular weight is 452 g/mol. The molecule has 5 nitrogen and oxygen atoms in total. The Morgan fingerprint density at radius 3 is 2.06 bits per heavy atom. The summed E-state index contributed by atoms with van der Waals surface area (Å²) in [7, 11) is 0. The van der Waals surface area contributed by atoms with E-state index in [-0.39, 0.29) is 11.8 Å². The summed E-state index contributed by atoms with van der Waals surface area (Å²) >= 11 is 0. The molecule has 5 rings (SSSR count). The first-order chi connectivity index (χ1) is 16.5. The monoisotopic (exact) mass is 451 g/mol. The quantitative estimate of drug-likeness (QED) is 0.539. The predicted octanol–water partition coefficient (Wildman–Crippen LogP) is 4.72. The van der Waals surface area contributed by atoms with Crippen LogP contribution in [0.15, 0.2) is 78.5 Å². The van der Waals surface area contributed by atoms with Crippen LogP contribution in [0.3, 0.4) is 0 Å². The van der Waals surface area contributed by atoms with Gasteiger partial charge in [0.2, 0.25) is 0 Å². The van der Waals surface area contributed by atoms with Crippen LogP contribution in [0.1, 0.15) is 22.3 Å². The van der Waals surface area contributed by atoms with Gasteiger partial charge in [-0.05, 0) is 61.2 Å². The highest BCUT2D eigenvalue weighted by Crippen LogP contribution is 2.37. The third-order valence-corrected chi connectivity index (χ3v) is 6.90. The lowest BCUT2D eigenvalue weighted by Gasteiger charge is -2.37. The zero-order chi connectivity index (χ0) is 23.8. The Morgan fingerprint density at radius 1 is 0.676 bits per heavy atom. The normalized spacial score (nSPS) is 16.6. The summed E-state index contributed by atoms with van der Waals surface area (Å²) < 4.78 is 0. The number of aryl methyl sites for hydroxylation is 2. The number of piperazine rings is 1. The molecule has 172 valence electrons. The Kier molecular flexibility index (Phi) is 5.70. The van der Waals surface area contributed by atoms with E-state index in [9.17, 15) is 9.59 Å². The molecule has 0 saturated carbocycles. The topological polar surface area (TPSA) is 43.9 Å². The number of carbonyl (C=O) groups is 2. The van der Waals surface area contributed by atoms with Gasteiger partial charge in [-0.3, -0.25) is 9.59 Å². The van der Waals surface area contributed by atoms with Crippen LogP contribution in [-0.4, -0.2) is 42.9 Å². The largest absolute Gasteiger partial charge is 0.368 e. The van der Waals surface area contributed by atoms with Crippen LogP contribution in [0.25, 0.3) is 5.57 Å². The van der Waals surface area contributed by atoms with Crippen molar-refractivity contribution in [2.45, 2.75) is 20.8 Å². The fourth-order valence-electron chi connectivity index (χ4n) is 4.89. The molecule has 0 spiro atoms. The number of imide groups is 1. The van der Waals surface area contributed by atoms with E-state index in [1.54, 1.807) is 0 Å². The van der Waals surface area contributed by atoms with E-state index in [2.05, 4.69) is 41.0 Å². The molecule has 2 aliphatic rings. The van der Waals surface area contributed by atoms with Crippen molar-refractivity contribution >= 4 is 28.8 Å². The molecule has 1 saturated heterocycles. The Morgan fingerprint density at radius 2 is 1.35 bits per heavy atom. The maximum Gasteiger partial charge on any atom is 0.282 e. The van der Waals surface area contributed by atoms with Crippen LogP contribution in [0.4, 0.5) is 11.4 Å². The third-order valence-electron chi connectivity index (χ3n) is 6.90. The van der Waals surface area contributed by atoms with E-state index in [1.807, 2.05) is 62.4 Å². The van der Waals surface area contributed by atoms with Crippen LogP contribution >= 0.6 is 0 Å². The first kappa shape index (κ1) is 22.0. The Bertz CT molecular complexity index is 1290. The van der Waals surface area contributed by atoms with Crippen molar-refractivity contribution in [3.63, 3.8) is 0 Å². The lowest BCUT2D eigenvalue weighted by atomic mass is 10.0. The van der Waals surface area contributed by atoms with Crippen LogP contribution in [0.5, 0.6) is 0 Å². The molecule has 0 aromatic heterocycles. The fourth-order valence-corrected chi connectivity index (χ4v) is 4.89. The van der Waals surface area contributed by atoms with Gasteiger partial charge in [0.15, 0.2) is 0 Å². The van der Waals surface area contributed by atoms with E-state index in [0.29, 0.717) is 30.0 Å². The highest BCUT2D eigenvalue weighted by atomic mass is 16.2. The molecular weight excluding hydrogens is 422 g/mol. The molecule has 2 amide bonds. The van der Waals surface area contributed by atoms with Gasteiger partial charge in [-0.15, -0.1) is 0 Å². The van der Waals surface area contributed by atoms with Gasteiger partial charge in [-0.25, -0.2) is 4.90 Å². The predicted molar refractivity (Wildman–Crippen MR) is 137 cm³/mol. The number of carbonyl (C=O) groups excluding carboxylic acids is 2. The van der Waals surface area contributed by atoms with E-state index in [1.165, 1.54) is 16.2 Å². The standard InChI is InChI=1S/C29H29N3O2/c1-20-9-7-13-24(19-20)30-15-17-31(18-16-30)27-26(23-11-5-4-6-12-23)28(33)32(29(27)34)25-14-8-10-21(2)22(25)3/h4-14,19H,15-18H2,1-3H3. The van der Waals surface area contributed by atoms with Gasteiger partial charge in [0.05, 0.1) is 11.3 Å². The molecular formula is C29H29N3O2. The highest BCUT2D eigenvalue weighted by Gasteiger charge is 2.43. The van der Waals surface area contributed by atoms with Gasteiger partial charge in [-0.2, -0.15) is 0 Å². The van der Waals surface area contributed by atoms with Crippen LogP contribution in [0, 0.1) is 20.8 Å². The summed E-state index contributed by atoms with van der Waals surface area (Å²) in [6.07, 6.45) is 0. The Labute approximate surface area is 200 Å². The molecule has 0 bridgehead atoms. The lowest BCUT2D eigenvalue weighted by Crippen LogP contribution is -2.47. The maximum atomic E-state index is 13.9. The second-order valence-corrected chi connectivity index (χ2v) is 9.07. The summed E-state index contributed by atoms with van der Waals surface area (Å²) in [5, 5.41) is 0. The maximum absolute atomic E-state index is 13.9. The van der Waals surface area contributed by atoms with Crippen molar-refractivity contribution in [3.8, 4) is 0 Å². The molecule has 0 atom stereocenters.